The Kier molecular flexibility index (Phi) is 9.76. The number of rotatable bonds is 9. The number of nitrogens with one attached hydrogen (secondary N) is 1. The molecule has 3 aliphatic heterocycles. The van der Waals surface area contributed by atoms with E-state index in [1.165, 1.54) is 30.6 Å². The molecule has 16 heteroatoms. The molecule has 1 aromatic heterocycles. The number of amides is 2. The SMILES string of the molecule is CON=C(C(=O)NC1C(=O)N2CC(C(=O)OCOC(=O)C(C)(C)C)(C3CCOCC3)C(SC)S[C@H]12)c1csc(N)n1. The van der Waals surface area contributed by atoms with Crippen LogP contribution in [-0.4, -0.2) is 95.3 Å². The number of β-lactam (4-membered cyclic amide) rings is 1. The van der Waals surface area contributed by atoms with Crippen LogP contribution in [0.4, 0.5) is 5.13 Å². The maximum absolute atomic E-state index is 13.8. The van der Waals surface area contributed by atoms with Crippen LogP contribution in [0.25, 0.3) is 0 Å². The fraction of sp³-hybridized carbons (Fsp3) is 0.680. The lowest BCUT2D eigenvalue weighted by molar-refractivity contribution is -0.185. The first-order chi connectivity index (χ1) is 19.4. The summed E-state index contributed by atoms with van der Waals surface area (Å²) in [5, 5.41) is 7.98. The molecule has 4 atom stereocenters. The van der Waals surface area contributed by atoms with Gasteiger partial charge in [-0.15, -0.1) is 34.9 Å². The minimum atomic E-state index is -1.07. The fourth-order valence-electron chi connectivity index (χ4n) is 5.10. The normalized spacial score (nSPS) is 27.0. The van der Waals surface area contributed by atoms with Gasteiger partial charge in [0.05, 0.1) is 10.00 Å². The highest BCUT2D eigenvalue weighted by Crippen LogP contribution is 2.56. The van der Waals surface area contributed by atoms with Crippen molar-refractivity contribution in [2.45, 2.75) is 49.6 Å². The molecule has 4 heterocycles. The third kappa shape index (κ3) is 6.29. The van der Waals surface area contributed by atoms with Crippen LogP contribution < -0.4 is 11.1 Å². The van der Waals surface area contributed by atoms with Gasteiger partial charge in [-0.2, -0.15) is 0 Å². The van der Waals surface area contributed by atoms with Gasteiger partial charge in [-0.25, -0.2) is 4.98 Å². The molecule has 1 aromatic rings. The van der Waals surface area contributed by atoms with Crippen LogP contribution in [0.5, 0.6) is 0 Å². The molecule has 3 unspecified atom stereocenters. The van der Waals surface area contributed by atoms with Gasteiger partial charge in [0.25, 0.3) is 5.91 Å². The van der Waals surface area contributed by atoms with Crippen LogP contribution in [0.15, 0.2) is 10.5 Å². The third-order valence-electron chi connectivity index (χ3n) is 7.24. The maximum Gasteiger partial charge on any atom is 0.319 e. The monoisotopic (exact) mass is 629 g/mol. The van der Waals surface area contributed by atoms with Crippen molar-refractivity contribution in [3.05, 3.63) is 11.1 Å². The van der Waals surface area contributed by atoms with Crippen LogP contribution >= 0.6 is 34.9 Å². The summed E-state index contributed by atoms with van der Waals surface area (Å²) < 4.78 is 16.0. The number of anilines is 1. The lowest BCUT2D eigenvalue weighted by Crippen LogP contribution is -2.76. The Morgan fingerprint density at radius 2 is 2.00 bits per heavy atom. The Morgan fingerprint density at radius 1 is 1.29 bits per heavy atom. The number of aromatic nitrogens is 1. The number of thiazole rings is 1. The molecule has 226 valence electrons. The van der Waals surface area contributed by atoms with E-state index in [0.717, 1.165) is 11.3 Å². The Hall–Kier alpha value is -2.56. The molecular weight excluding hydrogens is 595 g/mol. The summed E-state index contributed by atoms with van der Waals surface area (Å²) in [6.07, 6.45) is 3.14. The number of hydrogen-bond donors (Lipinski definition) is 2. The molecular formula is C25H35N5O8S3. The van der Waals surface area contributed by atoms with Gasteiger partial charge in [0.15, 0.2) is 10.8 Å². The van der Waals surface area contributed by atoms with Crippen LogP contribution in [-0.2, 0) is 38.2 Å². The van der Waals surface area contributed by atoms with Crippen LogP contribution in [0.1, 0.15) is 39.3 Å². The van der Waals surface area contributed by atoms with E-state index >= 15 is 0 Å². The van der Waals surface area contributed by atoms with Crippen molar-refractivity contribution in [1.29, 1.82) is 0 Å². The van der Waals surface area contributed by atoms with E-state index in [9.17, 15) is 19.2 Å². The molecule has 4 rings (SSSR count). The summed E-state index contributed by atoms with van der Waals surface area (Å²) in [7, 11) is 1.30. The zero-order valence-electron chi connectivity index (χ0n) is 23.5. The zero-order chi connectivity index (χ0) is 29.9. The predicted molar refractivity (Wildman–Crippen MR) is 155 cm³/mol. The van der Waals surface area contributed by atoms with Crippen molar-refractivity contribution in [1.82, 2.24) is 15.2 Å². The summed E-state index contributed by atoms with van der Waals surface area (Å²) in [4.78, 5) is 63.1. The first kappa shape index (κ1) is 31.4. The molecule has 0 aliphatic carbocycles. The average Bonchev–Trinajstić information content (AvgIpc) is 3.38. The van der Waals surface area contributed by atoms with Crippen molar-refractivity contribution < 1.29 is 38.2 Å². The number of hydrogen-bond acceptors (Lipinski definition) is 14. The standard InChI is InChI=1S/C25H35N5O8S3/c1-24(2,3)20(33)37-12-38-21(34)25(13-6-8-36-9-7-13)11-30-18(32)16(19(30)41-22(25)39-5)28-17(31)15(29-35-4)14-10-40-23(26)27-14/h10,13,16,19,22H,6-9,11-12H2,1-5H3,(H2,26,27)(H,28,31)/t16?,19-,22?,25?/m1/s1. The molecule has 3 aliphatic rings. The van der Waals surface area contributed by atoms with Crippen molar-refractivity contribution in [3.8, 4) is 0 Å². The summed E-state index contributed by atoms with van der Waals surface area (Å²) in [6, 6.07) is -0.836. The van der Waals surface area contributed by atoms with E-state index in [1.807, 2.05) is 6.26 Å². The summed E-state index contributed by atoms with van der Waals surface area (Å²) in [6.45, 7) is 5.72. The Balaban J connectivity index is 1.52. The molecule has 3 N–H and O–H groups in total. The van der Waals surface area contributed by atoms with E-state index in [4.69, 9.17) is 24.8 Å². The van der Waals surface area contributed by atoms with E-state index in [1.54, 1.807) is 31.1 Å². The molecule has 0 aromatic carbocycles. The number of thioether (sulfide) groups is 2. The molecule has 0 spiro atoms. The number of carbonyl (C=O) groups is 4. The second-order valence-electron chi connectivity index (χ2n) is 10.9. The lowest BCUT2D eigenvalue weighted by atomic mass is 9.71. The van der Waals surface area contributed by atoms with Gasteiger partial charge in [-0.05, 0) is 45.8 Å². The molecule has 13 nitrogen and oxygen atoms in total. The van der Waals surface area contributed by atoms with Gasteiger partial charge in [-0.3, -0.25) is 19.2 Å². The number of nitrogen functional groups attached to an aromatic ring is 1. The molecule has 2 amide bonds. The van der Waals surface area contributed by atoms with Crippen molar-refractivity contribution >= 4 is 69.5 Å². The minimum Gasteiger partial charge on any atom is -0.427 e. The highest BCUT2D eigenvalue weighted by atomic mass is 32.2. The fourth-order valence-corrected chi connectivity index (χ4v) is 8.74. The summed E-state index contributed by atoms with van der Waals surface area (Å²) >= 11 is 4.07. The average molecular weight is 630 g/mol. The van der Waals surface area contributed by atoms with Crippen LogP contribution in [0.3, 0.4) is 0 Å². The lowest BCUT2D eigenvalue weighted by Gasteiger charge is -2.58. The molecule has 41 heavy (non-hydrogen) atoms. The first-order valence-corrected chi connectivity index (χ1v) is 16.1. The van der Waals surface area contributed by atoms with Crippen molar-refractivity contribution in [2.75, 3.05) is 45.7 Å². The topological polar surface area (TPSA) is 172 Å². The quantitative estimate of drug-likeness (QED) is 0.133. The van der Waals surface area contributed by atoms with Crippen LogP contribution in [0, 0.1) is 16.7 Å². The third-order valence-corrected chi connectivity index (χ3v) is 11.1. The Bertz CT molecular complexity index is 1200. The first-order valence-electron chi connectivity index (χ1n) is 13.0. The van der Waals surface area contributed by atoms with E-state index in [-0.39, 0.29) is 39.5 Å². The molecule has 0 bridgehead atoms. The Labute approximate surface area is 250 Å². The summed E-state index contributed by atoms with van der Waals surface area (Å²) in [5.41, 5.74) is 4.04. The van der Waals surface area contributed by atoms with Crippen molar-refractivity contribution in [2.24, 2.45) is 21.9 Å². The number of nitrogens with two attached hydrogens (primary N) is 1. The molecule has 0 radical (unpaired) electrons. The summed E-state index contributed by atoms with van der Waals surface area (Å²) in [5.74, 6) is -2.08. The number of ether oxygens (including phenoxy) is 3. The number of oxime groups is 1. The van der Waals surface area contributed by atoms with E-state index < -0.39 is 46.9 Å². The van der Waals surface area contributed by atoms with Gasteiger partial charge in [0.2, 0.25) is 12.7 Å². The van der Waals surface area contributed by atoms with Crippen LogP contribution in [0.2, 0.25) is 0 Å². The molecule has 3 fully saturated rings. The maximum atomic E-state index is 13.8. The second kappa shape index (κ2) is 12.8. The zero-order valence-corrected chi connectivity index (χ0v) is 26.0. The highest BCUT2D eigenvalue weighted by Gasteiger charge is 2.64. The largest absolute Gasteiger partial charge is 0.427 e. The van der Waals surface area contributed by atoms with Gasteiger partial charge in [0.1, 0.15) is 29.6 Å². The molecule has 0 saturated carbocycles. The number of carbonyl (C=O) groups excluding carboxylic acids is 4. The second-order valence-corrected chi connectivity index (χ2v) is 14.2. The van der Waals surface area contributed by atoms with E-state index in [2.05, 4.69) is 15.5 Å². The number of esters is 2. The smallest absolute Gasteiger partial charge is 0.319 e. The van der Waals surface area contributed by atoms with E-state index in [0.29, 0.717) is 26.1 Å². The van der Waals surface area contributed by atoms with Gasteiger partial charge < -0.3 is 35.0 Å². The Morgan fingerprint density at radius 3 is 2.59 bits per heavy atom. The number of fused-ring (bicyclic) bond motifs is 1. The van der Waals surface area contributed by atoms with Gasteiger partial charge in [-0.1, -0.05) is 5.16 Å². The van der Waals surface area contributed by atoms with Gasteiger partial charge in [0, 0.05) is 25.1 Å². The molecule has 3 saturated heterocycles. The highest BCUT2D eigenvalue weighted by molar-refractivity contribution is 8.17. The number of nitrogens with zero attached hydrogens (tertiary/aromatic N) is 3. The minimum absolute atomic E-state index is 0.0983. The van der Waals surface area contributed by atoms with Crippen molar-refractivity contribution in [3.63, 3.8) is 0 Å². The predicted octanol–water partition coefficient (Wildman–Crippen LogP) is 1.67. The van der Waals surface area contributed by atoms with Gasteiger partial charge >= 0.3 is 11.9 Å².